The van der Waals surface area contributed by atoms with Crippen molar-refractivity contribution in [2.75, 3.05) is 4.72 Å². The first-order chi connectivity index (χ1) is 7.58. The molecular formula is C11H14INO2S. The maximum absolute atomic E-state index is 12.0. The summed E-state index contributed by atoms with van der Waals surface area (Å²) in [4.78, 5) is 0. The average molecular weight is 351 g/mol. The van der Waals surface area contributed by atoms with Crippen molar-refractivity contribution in [2.24, 2.45) is 0 Å². The van der Waals surface area contributed by atoms with Crippen LogP contribution >= 0.6 is 22.6 Å². The highest BCUT2D eigenvalue weighted by Gasteiger charge is 2.28. The van der Waals surface area contributed by atoms with Gasteiger partial charge >= 0.3 is 0 Å². The van der Waals surface area contributed by atoms with Crippen LogP contribution in [0.25, 0.3) is 0 Å². The molecule has 1 aromatic rings. The van der Waals surface area contributed by atoms with E-state index in [0.717, 1.165) is 29.3 Å². The first-order valence-corrected chi connectivity index (χ1v) is 7.98. The normalized spacial score (nSPS) is 17.6. The van der Waals surface area contributed by atoms with E-state index in [2.05, 4.69) is 27.3 Å². The molecule has 5 heteroatoms. The van der Waals surface area contributed by atoms with Crippen molar-refractivity contribution in [3.05, 3.63) is 27.8 Å². The molecular weight excluding hydrogens is 337 g/mol. The van der Waals surface area contributed by atoms with Crippen LogP contribution in [0.15, 0.2) is 24.3 Å². The molecule has 3 nitrogen and oxygen atoms in total. The van der Waals surface area contributed by atoms with Gasteiger partial charge in [-0.2, -0.15) is 0 Å². The highest BCUT2D eigenvalue weighted by Crippen LogP contribution is 2.26. The molecule has 0 heterocycles. The second-order valence-corrected chi connectivity index (χ2v) is 7.27. The van der Waals surface area contributed by atoms with Gasteiger partial charge in [-0.25, -0.2) is 8.42 Å². The number of rotatable bonds is 3. The largest absolute Gasteiger partial charge is 0.283 e. The fraction of sp³-hybridized carbons (Fsp3) is 0.455. The van der Waals surface area contributed by atoms with Crippen LogP contribution in [0.2, 0.25) is 0 Å². The predicted octanol–water partition coefficient (Wildman–Crippen LogP) is 2.98. The third-order valence-corrected chi connectivity index (χ3v) is 5.43. The van der Waals surface area contributed by atoms with E-state index >= 15 is 0 Å². The summed E-state index contributed by atoms with van der Waals surface area (Å²) in [5.41, 5.74) is 0.660. The Morgan fingerprint density at radius 2 is 1.69 bits per heavy atom. The van der Waals surface area contributed by atoms with Crippen molar-refractivity contribution in [1.82, 2.24) is 0 Å². The van der Waals surface area contributed by atoms with Crippen molar-refractivity contribution in [1.29, 1.82) is 0 Å². The van der Waals surface area contributed by atoms with E-state index in [1.165, 1.54) is 0 Å². The number of hydrogen-bond donors (Lipinski definition) is 1. The summed E-state index contributed by atoms with van der Waals surface area (Å²) in [7, 11) is -3.18. The molecule has 1 aliphatic rings. The highest BCUT2D eigenvalue weighted by molar-refractivity contribution is 14.1. The van der Waals surface area contributed by atoms with Crippen LogP contribution in [0, 0.1) is 3.57 Å². The van der Waals surface area contributed by atoms with Crippen LogP contribution in [0.3, 0.4) is 0 Å². The second-order valence-electron chi connectivity index (χ2n) is 4.06. The fourth-order valence-electron chi connectivity index (χ4n) is 1.96. The van der Waals surface area contributed by atoms with Crippen molar-refractivity contribution in [2.45, 2.75) is 30.9 Å². The van der Waals surface area contributed by atoms with Crippen LogP contribution in [0.4, 0.5) is 5.69 Å². The van der Waals surface area contributed by atoms with E-state index in [1.54, 1.807) is 12.1 Å². The number of nitrogens with one attached hydrogen (secondary N) is 1. The molecule has 88 valence electrons. The molecule has 1 aromatic carbocycles. The van der Waals surface area contributed by atoms with Gasteiger partial charge in [0, 0.05) is 9.26 Å². The Labute approximate surface area is 110 Å². The van der Waals surface area contributed by atoms with Gasteiger partial charge < -0.3 is 0 Å². The smallest absolute Gasteiger partial charge is 0.235 e. The third-order valence-electron chi connectivity index (χ3n) is 2.85. The lowest BCUT2D eigenvalue weighted by Crippen LogP contribution is -2.25. The number of halogens is 1. The molecule has 1 N–H and O–H groups in total. The predicted molar refractivity (Wildman–Crippen MR) is 74.0 cm³/mol. The van der Waals surface area contributed by atoms with Gasteiger partial charge in [0.1, 0.15) is 0 Å². The first kappa shape index (κ1) is 12.2. The number of sulfonamides is 1. The lowest BCUT2D eigenvalue weighted by Gasteiger charge is -2.13. The molecule has 0 atom stereocenters. The minimum atomic E-state index is -3.18. The van der Waals surface area contributed by atoms with Crippen LogP contribution < -0.4 is 4.72 Å². The summed E-state index contributed by atoms with van der Waals surface area (Å²) >= 11 is 2.19. The third kappa shape index (κ3) is 2.88. The highest BCUT2D eigenvalue weighted by atomic mass is 127. The summed E-state index contributed by atoms with van der Waals surface area (Å²) in [5.74, 6) is 0. The summed E-state index contributed by atoms with van der Waals surface area (Å²) in [5, 5.41) is -0.202. The van der Waals surface area contributed by atoms with E-state index in [0.29, 0.717) is 5.69 Å². The SMILES string of the molecule is O=S(=O)(Nc1ccc(I)cc1)C1CCCC1. The van der Waals surface area contributed by atoms with Gasteiger partial charge in [0.25, 0.3) is 0 Å². The fourth-order valence-corrected chi connectivity index (χ4v) is 3.91. The van der Waals surface area contributed by atoms with Crippen LogP contribution in [-0.4, -0.2) is 13.7 Å². The number of anilines is 1. The zero-order valence-corrected chi connectivity index (χ0v) is 11.8. The quantitative estimate of drug-likeness (QED) is 0.851. The second kappa shape index (κ2) is 4.91. The molecule has 0 spiro atoms. The molecule has 1 fully saturated rings. The molecule has 0 unspecified atom stereocenters. The monoisotopic (exact) mass is 351 g/mol. The Morgan fingerprint density at radius 3 is 2.25 bits per heavy atom. The van der Waals surface area contributed by atoms with Crippen LogP contribution in [-0.2, 0) is 10.0 Å². The minimum absolute atomic E-state index is 0.202. The van der Waals surface area contributed by atoms with Gasteiger partial charge in [-0.3, -0.25) is 4.72 Å². The maximum Gasteiger partial charge on any atom is 0.235 e. The summed E-state index contributed by atoms with van der Waals surface area (Å²) in [6.45, 7) is 0. The van der Waals surface area contributed by atoms with Gasteiger partial charge in [-0.05, 0) is 59.7 Å². The molecule has 0 radical (unpaired) electrons. The molecule has 0 amide bonds. The van der Waals surface area contributed by atoms with E-state index in [9.17, 15) is 8.42 Å². The van der Waals surface area contributed by atoms with Gasteiger partial charge in [0.2, 0.25) is 10.0 Å². The number of hydrogen-bond acceptors (Lipinski definition) is 2. The molecule has 0 aliphatic heterocycles. The molecule has 0 saturated heterocycles. The Balaban J connectivity index is 2.11. The van der Waals surface area contributed by atoms with Crippen molar-refractivity contribution in [3.8, 4) is 0 Å². The summed E-state index contributed by atoms with van der Waals surface area (Å²) < 4.78 is 27.7. The first-order valence-electron chi connectivity index (χ1n) is 5.35. The Bertz CT molecular complexity index is 449. The van der Waals surface area contributed by atoms with E-state index in [4.69, 9.17) is 0 Å². The molecule has 0 aromatic heterocycles. The standard InChI is InChI=1S/C11H14INO2S/c12-9-5-7-10(8-6-9)13-16(14,15)11-3-1-2-4-11/h5-8,11,13H,1-4H2. The van der Waals surface area contributed by atoms with Crippen LogP contribution in [0.1, 0.15) is 25.7 Å². The Morgan fingerprint density at radius 1 is 1.12 bits per heavy atom. The van der Waals surface area contributed by atoms with Gasteiger partial charge in [-0.15, -0.1) is 0 Å². The Kier molecular flexibility index (Phi) is 3.73. The summed E-state index contributed by atoms with van der Waals surface area (Å²) in [6, 6.07) is 7.39. The van der Waals surface area contributed by atoms with E-state index < -0.39 is 10.0 Å². The average Bonchev–Trinajstić information content (AvgIpc) is 2.75. The van der Waals surface area contributed by atoms with Crippen molar-refractivity contribution < 1.29 is 8.42 Å². The minimum Gasteiger partial charge on any atom is -0.283 e. The van der Waals surface area contributed by atoms with Crippen molar-refractivity contribution >= 4 is 38.3 Å². The molecule has 0 bridgehead atoms. The summed E-state index contributed by atoms with van der Waals surface area (Å²) in [6.07, 6.45) is 3.63. The van der Waals surface area contributed by atoms with E-state index in [-0.39, 0.29) is 5.25 Å². The lowest BCUT2D eigenvalue weighted by atomic mass is 10.3. The van der Waals surface area contributed by atoms with Gasteiger partial charge in [-0.1, -0.05) is 12.8 Å². The molecule has 2 rings (SSSR count). The maximum atomic E-state index is 12.0. The van der Waals surface area contributed by atoms with E-state index in [1.807, 2.05) is 12.1 Å². The molecule has 16 heavy (non-hydrogen) atoms. The Hall–Kier alpha value is -0.300. The van der Waals surface area contributed by atoms with Gasteiger partial charge in [0.15, 0.2) is 0 Å². The zero-order chi connectivity index (χ0) is 11.6. The molecule has 1 saturated carbocycles. The molecule has 1 aliphatic carbocycles. The zero-order valence-electron chi connectivity index (χ0n) is 8.82. The lowest BCUT2D eigenvalue weighted by molar-refractivity contribution is 0.585. The van der Waals surface area contributed by atoms with Crippen molar-refractivity contribution in [3.63, 3.8) is 0 Å². The number of benzene rings is 1. The van der Waals surface area contributed by atoms with Gasteiger partial charge in [0.05, 0.1) is 5.25 Å². The van der Waals surface area contributed by atoms with Crippen LogP contribution in [0.5, 0.6) is 0 Å². The topological polar surface area (TPSA) is 46.2 Å².